The molecule has 2 aromatic rings. The van der Waals surface area contributed by atoms with Crippen molar-refractivity contribution >= 4 is 5.65 Å². The molecule has 2 atom stereocenters. The highest BCUT2D eigenvalue weighted by Crippen LogP contribution is 2.23. The van der Waals surface area contributed by atoms with Crippen LogP contribution in [0.1, 0.15) is 18.3 Å². The summed E-state index contributed by atoms with van der Waals surface area (Å²) in [6.45, 7) is 0.862. The second-order valence-corrected chi connectivity index (χ2v) is 3.92. The molecular weight excluding hydrogens is 206 g/mol. The average Bonchev–Trinajstić information content (AvgIpc) is 2.94. The molecule has 2 unspecified atom stereocenters. The molecule has 6 nitrogen and oxygen atoms in total. The quantitative estimate of drug-likeness (QED) is 0.780. The summed E-state index contributed by atoms with van der Waals surface area (Å²) in [7, 11) is 1.74. The van der Waals surface area contributed by atoms with Gasteiger partial charge in [-0.25, -0.2) is 0 Å². The van der Waals surface area contributed by atoms with Crippen LogP contribution in [0.5, 0.6) is 0 Å². The number of hydrogen-bond donors (Lipinski definition) is 1. The minimum absolute atomic E-state index is 0.211. The van der Waals surface area contributed by atoms with Gasteiger partial charge in [-0.15, -0.1) is 10.2 Å². The minimum atomic E-state index is 0.211. The fraction of sp³-hybridized carbons (Fsp3) is 0.500. The third-order valence-electron chi connectivity index (χ3n) is 2.98. The Balaban J connectivity index is 1.95. The fourth-order valence-electron chi connectivity index (χ4n) is 2.09. The van der Waals surface area contributed by atoms with E-state index in [1.165, 1.54) is 0 Å². The molecule has 3 heterocycles. The monoisotopic (exact) mass is 219 g/mol. The molecule has 1 saturated heterocycles. The first-order valence-corrected chi connectivity index (χ1v) is 5.29. The van der Waals surface area contributed by atoms with E-state index in [1.54, 1.807) is 19.5 Å². The molecule has 0 amide bonds. The summed E-state index contributed by atoms with van der Waals surface area (Å²) in [5.74, 6) is 0.928. The molecule has 3 rings (SSSR count). The van der Waals surface area contributed by atoms with Gasteiger partial charge in [0, 0.05) is 26.0 Å². The van der Waals surface area contributed by atoms with Gasteiger partial charge in [-0.2, -0.15) is 0 Å². The van der Waals surface area contributed by atoms with Gasteiger partial charge in [-0.3, -0.25) is 9.38 Å². The Morgan fingerprint density at radius 2 is 2.44 bits per heavy atom. The van der Waals surface area contributed by atoms with Gasteiger partial charge < -0.3 is 10.1 Å². The molecular formula is C10H13N5O. The minimum Gasteiger partial charge on any atom is -0.380 e. The lowest BCUT2D eigenvalue weighted by Gasteiger charge is -2.07. The number of nitrogens with zero attached hydrogens (tertiary/aromatic N) is 4. The van der Waals surface area contributed by atoms with Gasteiger partial charge >= 0.3 is 0 Å². The van der Waals surface area contributed by atoms with E-state index in [4.69, 9.17) is 4.74 Å². The zero-order valence-corrected chi connectivity index (χ0v) is 9.00. The molecule has 0 aromatic carbocycles. The number of methoxy groups -OCH3 is 1. The van der Waals surface area contributed by atoms with Crippen LogP contribution in [0.4, 0.5) is 0 Å². The molecule has 0 aliphatic carbocycles. The highest BCUT2D eigenvalue weighted by molar-refractivity contribution is 5.34. The van der Waals surface area contributed by atoms with Crippen molar-refractivity contribution in [1.82, 2.24) is 24.9 Å². The van der Waals surface area contributed by atoms with E-state index in [1.807, 2.05) is 10.6 Å². The van der Waals surface area contributed by atoms with Crippen molar-refractivity contribution in [3.63, 3.8) is 0 Å². The van der Waals surface area contributed by atoms with E-state index in [0.717, 1.165) is 24.4 Å². The summed E-state index contributed by atoms with van der Waals surface area (Å²) < 4.78 is 7.28. The van der Waals surface area contributed by atoms with Gasteiger partial charge in [0.1, 0.15) is 0 Å². The number of ether oxygens (including phenoxy) is 1. The number of hydrogen-bond acceptors (Lipinski definition) is 5. The van der Waals surface area contributed by atoms with E-state index in [-0.39, 0.29) is 12.1 Å². The summed E-state index contributed by atoms with van der Waals surface area (Å²) >= 11 is 0. The Kier molecular flexibility index (Phi) is 2.30. The summed E-state index contributed by atoms with van der Waals surface area (Å²) in [5, 5.41) is 11.7. The third kappa shape index (κ3) is 1.46. The normalized spacial score (nSPS) is 25.3. The topological polar surface area (TPSA) is 64.3 Å². The predicted molar refractivity (Wildman–Crippen MR) is 56.9 cm³/mol. The standard InChI is InChI=1S/C10H13N5O/c1-16-7-4-8(12-5-7)10-14-13-9-6-11-2-3-15(9)10/h2-3,6-8,12H,4-5H2,1H3. The van der Waals surface area contributed by atoms with E-state index >= 15 is 0 Å². The van der Waals surface area contributed by atoms with Crippen LogP contribution < -0.4 is 5.32 Å². The Bertz CT molecular complexity index is 497. The van der Waals surface area contributed by atoms with Crippen LogP contribution in [-0.4, -0.2) is 39.3 Å². The maximum Gasteiger partial charge on any atom is 0.179 e. The maximum absolute atomic E-state index is 5.32. The van der Waals surface area contributed by atoms with Gasteiger partial charge in [-0.05, 0) is 6.42 Å². The first-order chi connectivity index (χ1) is 7.88. The summed E-state index contributed by atoms with van der Waals surface area (Å²) in [6, 6.07) is 0.211. The fourth-order valence-corrected chi connectivity index (χ4v) is 2.09. The van der Waals surface area contributed by atoms with Gasteiger partial charge in [0.2, 0.25) is 0 Å². The van der Waals surface area contributed by atoms with Gasteiger partial charge in [0.15, 0.2) is 11.5 Å². The first-order valence-electron chi connectivity index (χ1n) is 5.29. The van der Waals surface area contributed by atoms with Crippen molar-refractivity contribution in [2.45, 2.75) is 18.6 Å². The second-order valence-electron chi connectivity index (χ2n) is 3.92. The van der Waals surface area contributed by atoms with E-state index in [2.05, 4.69) is 20.5 Å². The Labute approximate surface area is 92.7 Å². The molecule has 1 fully saturated rings. The van der Waals surface area contributed by atoms with E-state index in [9.17, 15) is 0 Å². The largest absolute Gasteiger partial charge is 0.380 e. The van der Waals surface area contributed by atoms with Crippen LogP contribution in [0.25, 0.3) is 5.65 Å². The van der Waals surface area contributed by atoms with Crippen LogP contribution in [0.3, 0.4) is 0 Å². The molecule has 0 bridgehead atoms. The van der Waals surface area contributed by atoms with Crippen molar-refractivity contribution in [2.75, 3.05) is 13.7 Å². The van der Waals surface area contributed by atoms with Crippen molar-refractivity contribution < 1.29 is 4.74 Å². The maximum atomic E-state index is 5.32. The highest BCUT2D eigenvalue weighted by atomic mass is 16.5. The van der Waals surface area contributed by atoms with Crippen LogP contribution in [0, 0.1) is 0 Å². The van der Waals surface area contributed by atoms with Crippen molar-refractivity contribution in [3.05, 3.63) is 24.4 Å². The summed E-state index contributed by atoms with van der Waals surface area (Å²) in [5.41, 5.74) is 0.778. The number of nitrogens with one attached hydrogen (secondary N) is 1. The van der Waals surface area contributed by atoms with Crippen LogP contribution in [0.2, 0.25) is 0 Å². The van der Waals surface area contributed by atoms with Crippen LogP contribution in [-0.2, 0) is 4.74 Å². The Hall–Kier alpha value is -1.53. The van der Waals surface area contributed by atoms with Crippen molar-refractivity contribution in [3.8, 4) is 0 Å². The Morgan fingerprint density at radius 3 is 3.25 bits per heavy atom. The van der Waals surface area contributed by atoms with Crippen molar-refractivity contribution in [2.24, 2.45) is 0 Å². The van der Waals surface area contributed by atoms with E-state index < -0.39 is 0 Å². The molecule has 1 aliphatic heterocycles. The average molecular weight is 219 g/mol. The summed E-state index contributed by atoms with van der Waals surface area (Å²) in [4.78, 5) is 4.02. The van der Waals surface area contributed by atoms with Gasteiger partial charge in [0.25, 0.3) is 0 Å². The van der Waals surface area contributed by atoms with E-state index in [0.29, 0.717) is 0 Å². The molecule has 1 aliphatic rings. The molecule has 0 spiro atoms. The second kappa shape index (κ2) is 3.80. The lowest BCUT2D eigenvalue weighted by Crippen LogP contribution is -2.17. The van der Waals surface area contributed by atoms with Gasteiger partial charge in [-0.1, -0.05) is 0 Å². The predicted octanol–water partition coefficient (Wildman–Crippen LogP) is 0.174. The lowest BCUT2D eigenvalue weighted by atomic mass is 10.2. The smallest absolute Gasteiger partial charge is 0.179 e. The molecule has 1 N–H and O–H groups in total. The third-order valence-corrected chi connectivity index (χ3v) is 2.98. The molecule has 0 saturated carbocycles. The SMILES string of the molecule is COC1CNC(c2nnc3cnccn23)C1. The lowest BCUT2D eigenvalue weighted by molar-refractivity contribution is 0.117. The zero-order valence-electron chi connectivity index (χ0n) is 9.00. The first kappa shape index (κ1) is 9.68. The number of fused-ring (bicyclic) bond motifs is 1. The molecule has 2 aromatic heterocycles. The molecule has 0 radical (unpaired) electrons. The molecule has 16 heavy (non-hydrogen) atoms. The summed E-state index contributed by atoms with van der Waals surface area (Å²) in [6.07, 6.45) is 6.52. The van der Waals surface area contributed by atoms with Crippen LogP contribution >= 0.6 is 0 Å². The molecule has 84 valence electrons. The van der Waals surface area contributed by atoms with Gasteiger partial charge in [0.05, 0.1) is 18.3 Å². The number of rotatable bonds is 2. The van der Waals surface area contributed by atoms with Crippen LogP contribution in [0.15, 0.2) is 18.6 Å². The molecule has 6 heteroatoms. The number of aromatic nitrogens is 4. The van der Waals surface area contributed by atoms with Crippen molar-refractivity contribution in [1.29, 1.82) is 0 Å². The highest BCUT2D eigenvalue weighted by Gasteiger charge is 2.28. The zero-order chi connectivity index (χ0) is 11.0. The Morgan fingerprint density at radius 1 is 1.50 bits per heavy atom.